The van der Waals surface area contributed by atoms with E-state index in [2.05, 4.69) is 20.8 Å². The molecule has 0 spiro atoms. The normalized spacial score (nSPS) is 10.4. The third kappa shape index (κ3) is 3.77. The molecule has 0 aliphatic carbocycles. The zero-order valence-corrected chi connectivity index (χ0v) is 11.9. The van der Waals surface area contributed by atoms with Gasteiger partial charge in [-0.05, 0) is 19.4 Å². The van der Waals surface area contributed by atoms with E-state index < -0.39 is 11.7 Å². The lowest BCUT2D eigenvalue weighted by molar-refractivity contribution is 0.0946. The number of aromatic nitrogens is 2. The van der Waals surface area contributed by atoms with Gasteiger partial charge in [-0.15, -0.1) is 0 Å². The smallest absolute Gasteiger partial charge is 0.254 e. The fraction of sp³-hybridized carbons (Fsp3) is 0.357. The van der Waals surface area contributed by atoms with E-state index in [9.17, 15) is 9.18 Å². The van der Waals surface area contributed by atoms with E-state index in [4.69, 9.17) is 4.52 Å². The molecule has 7 heteroatoms. The summed E-state index contributed by atoms with van der Waals surface area (Å²) in [5.41, 5.74) is 0.531. The van der Waals surface area contributed by atoms with Gasteiger partial charge in [0.05, 0.1) is 12.1 Å². The lowest BCUT2D eigenvalue weighted by Crippen LogP contribution is -2.24. The molecule has 2 rings (SSSR count). The van der Waals surface area contributed by atoms with Crippen LogP contribution in [0.15, 0.2) is 22.9 Å². The molecular weight excluding hydrogens is 275 g/mol. The first-order valence-corrected chi connectivity index (χ1v) is 6.70. The number of hydrogen-bond donors (Lipinski definition) is 2. The number of anilines is 1. The minimum Gasteiger partial charge on any atom is -0.368 e. The van der Waals surface area contributed by atoms with Crippen molar-refractivity contribution in [2.75, 3.05) is 11.9 Å². The Labute approximate surface area is 121 Å². The summed E-state index contributed by atoms with van der Waals surface area (Å²) in [6, 6.07) is 3.05. The van der Waals surface area contributed by atoms with Crippen molar-refractivity contribution in [2.24, 2.45) is 0 Å². The van der Waals surface area contributed by atoms with Crippen LogP contribution in [0.2, 0.25) is 0 Å². The summed E-state index contributed by atoms with van der Waals surface area (Å²) >= 11 is 0. The molecular formula is C14H17FN4O2. The van der Waals surface area contributed by atoms with Gasteiger partial charge in [0, 0.05) is 18.8 Å². The van der Waals surface area contributed by atoms with Crippen molar-refractivity contribution < 1.29 is 13.7 Å². The fourth-order valence-corrected chi connectivity index (χ4v) is 1.75. The highest BCUT2D eigenvalue weighted by Crippen LogP contribution is 2.15. The van der Waals surface area contributed by atoms with E-state index in [1.807, 2.05) is 6.92 Å². The van der Waals surface area contributed by atoms with Crippen molar-refractivity contribution in [2.45, 2.75) is 26.8 Å². The fourth-order valence-electron chi connectivity index (χ4n) is 1.75. The Morgan fingerprint density at radius 3 is 2.95 bits per heavy atom. The zero-order chi connectivity index (χ0) is 15.2. The molecule has 2 N–H and O–H groups in total. The largest absolute Gasteiger partial charge is 0.368 e. The maximum atomic E-state index is 14.2. The number of hydrogen-bond acceptors (Lipinski definition) is 5. The molecule has 1 amide bonds. The summed E-state index contributed by atoms with van der Waals surface area (Å²) in [5.74, 6) is -0.433. The zero-order valence-electron chi connectivity index (χ0n) is 11.9. The van der Waals surface area contributed by atoms with E-state index in [-0.39, 0.29) is 17.9 Å². The molecule has 21 heavy (non-hydrogen) atoms. The van der Waals surface area contributed by atoms with Gasteiger partial charge in [0.1, 0.15) is 11.5 Å². The number of pyridine rings is 1. The van der Waals surface area contributed by atoms with E-state index in [1.165, 1.54) is 12.3 Å². The summed E-state index contributed by atoms with van der Waals surface area (Å²) < 4.78 is 19.1. The lowest BCUT2D eigenvalue weighted by atomic mass is 10.2. The molecule has 0 atom stereocenters. The second-order valence-corrected chi connectivity index (χ2v) is 4.56. The number of carbonyl (C=O) groups excluding carboxylic acids is 1. The Hall–Kier alpha value is -2.44. The highest BCUT2D eigenvalue weighted by molar-refractivity contribution is 5.95. The van der Waals surface area contributed by atoms with Crippen molar-refractivity contribution in [3.63, 3.8) is 0 Å². The monoisotopic (exact) mass is 292 g/mol. The average Bonchev–Trinajstić information content (AvgIpc) is 2.89. The van der Waals surface area contributed by atoms with Crippen LogP contribution in [-0.4, -0.2) is 22.6 Å². The summed E-state index contributed by atoms with van der Waals surface area (Å²) in [6.07, 6.45) is 2.24. The first-order valence-electron chi connectivity index (χ1n) is 6.70. The molecule has 0 unspecified atom stereocenters. The SMILES string of the molecule is CCCNc1nccc(C(=O)NCc2cc(C)on2)c1F. The topological polar surface area (TPSA) is 80.0 Å². The van der Waals surface area contributed by atoms with Gasteiger partial charge < -0.3 is 15.2 Å². The number of nitrogens with zero attached hydrogens (tertiary/aromatic N) is 2. The average molecular weight is 292 g/mol. The first-order chi connectivity index (χ1) is 10.1. The lowest BCUT2D eigenvalue weighted by Gasteiger charge is -2.08. The summed E-state index contributed by atoms with van der Waals surface area (Å²) in [5, 5.41) is 9.19. The molecule has 2 aromatic rings. The number of carbonyl (C=O) groups is 1. The van der Waals surface area contributed by atoms with Crippen LogP contribution in [0.5, 0.6) is 0 Å². The van der Waals surface area contributed by atoms with Crippen molar-refractivity contribution in [1.82, 2.24) is 15.5 Å². The van der Waals surface area contributed by atoms with Gasteiger partial charge in [-0.1, -0.05) is 12.1 Å². The third-order valence-corrected chi connectivity index (χ3v) is 2.78. The van der Waals surface area contributed by atoms with Crippen molar-refractivity contribution in [3.05, 3.63) is 41.2 Å². The Kier molecular flexibility index (Phi) is 4.86. The number of nitrogens with one attached hydrogen (secondary N) is 2. The quantitative estimate of drug-likeness (QED) is 0.853. The van der Waals surface area contributed by atoms with Crippen LogP contribution in [0.3, 0.4) is 0 Å². The Morgan fingerprint density at radius 1 is 1.48 bits per heavy atom. The summed E-state index contributed by atoms with van der Waals surface area (Å²) in [4.78, 5) is 15.9. The highest BCUT2D eigenvalue weighted by atomic mass is 19.1. The summed E-state index contributed by atoms with van der Waals surface area (Å²) in [7, 11) is 0. The van der Waals surface area contributed by atoms with E-state index in [1.54, 1.807) is 13.0 Å². The number of aryl methyl sites for hydroxylation is 1. The van der Waals surface area contributed by atoms with Gasteiger partial charge in [-0.3, -0.25) is 4.79 Å². The van der Waals surface area contributed by atoms with Crippen LogP contribution in [-0.2, 0) is 6.54 Å². The molecule has 0 aliphatic rings. The van der Waals surface area contributed by atoms with Crippen LogP contribution in [0.1, 0.15) is 35.2 Å². The molecule has 0 bridgehead atoms. The molecule has 0 aromatic carbocycles. The van der Waals surface area contributed by atoms with Crippen molar-refractivity contribution >= 4 is 11.7 Å². The van der Waals surface area contributed by atoms with Crippen LogP contribution < -0.4 is 10.6 Å². The molecule has 0 aliphatic heterocycles. The Balaban J connectivity index is 2.04. The number of rotatable bonds is 6. The molecule has 0 saturated carbocycles. The molecule has 0 saturated heterocycles. The predicted molar refractivity (Wildman–Crippen MR) is 75.4 cm³/mol. The molecule has 6 nitrogen and oxygen atoms in total. The maximum absolute atomic E-state index is 14.2. The minimum absolute atomic E-state index is 0.0520. The molecule has 2 aromatic heterocycles. The van der Waals surface area contributed by atoms with Crippen molar-refractivity contribution in [1.29, 1.82) is 0 Å². The number of halogens is 1. The number of amides is 1. The van der Waals surface area contributed by atoms with Gasteiger partial charge in [0.15, 0.2) is 11.6 Å². The maximum Gasteiger partial charge on any atom is 0.254 e. The molecule has 0 radical (unpaired) electrons. The standard InChI is InChI=1S/C14H17FN4O2/c1-3-5-16-13-12(15)11(4-6-17-13)14(20)18-8-10-7-9(2)21-19-10/h4,6-7H,3,5,8H2,1-2H3,(H,16,17)(H,18,20). The van der Waals surface area contributed by atoms with Gasteiger partial charge in [-0.25, -0.2) is 9.37 Å². The highest BCUT2D eigenvalue weighted by Gasteiger charge is 2.16. The minimum atomic E-state index is -0.653. The van der Waals surface area contributed by atoms with Crippen LogP contribution in [0, 0.1) is 12.7 Å². The first kappa shape index (κ1) is 15.0. The van der Waals surface area contributed by atoms with E-state index in [0.717, 1.165) is 6.42 Å². The molecule has 2 heterocycles. The van der Waals surface area contributed by atoms with E-state index in [0.29, 0.717) is 18.0 Å². The second-order valence-electron chi connectivity index (χ2n) is 4.56. The molecule has 112 valence electrons. The second kappa shape index (κ2) is 6.83. The summed E-state index contributed by atoms with van der Waals surface area (Å²) in [6.45, 7) is 4.48. The Bertz CT molecular complexity index is 627. The van der Waals surface area contributed by atoms with Gasteiger partial charge in [0.25, 0.3) is 5.91 Å². The van der Waals surface area contributed by atoms with E-state index >= 15 is 0 Å². The predicted octanol–water partition coefficient (Wildman–Crippen LogP) is 2.27. The van der Waals surface area contributed by atoms with Crippen molar-refractivity contribution in [3.8, 4) is 0 Å². The van der Waals surface area contributed by atoms with Gasteiger partial charge in [-0.2, -0.15) is 0 Å². The van der Waals surface area contributed by atoms with Crippen LogP contribution in [0.25, 0.3) is 0 Å². The van der Waals surface area contributed by atoms with Gasteiger partial charge >= 0.3 is 0 Å². The van der Waals surface area contributed by atoms with Crippen LogP contribution >= 0.6 is 0 Å². The van der Waals surface area contributed by atoms with Crippen LogP contribution in [0.4, 0.5) is 10.2 Å². The van der Waals surface area contributed by atoms with Gasteiger partial charge in [0.2, 0.25) is 0 Å². The third-order valence-electron chi connectivity index (χ3n) is 2.78. The Morgan fingerprint density at radius 2 is 2.29 bits per heavy atom. The molecule has 0 fully saturated rings.